The number of ether oxygens (including phenoxy) is 1. The Kier molecular flexibility index (Phi) is 5.72. The molecule has 0 aliphatic rings. The van der Waals surface area contributed by atoms with E-state index in [9.17, 15) is 4.79 Å². The van der Waals surface area contributed by atoms with Gasteiger partial charge < -0.3 is 14.5 Å². The zero-order chi connectivity index (χ0) is 12.7. The number of rotatable bonds is 7. The summed E-state index contributed by atoms with van der Waals surface area (Å²) in [6.45, 7) is 5.40. The van der Waals surface area contributed by atoms with E-state index in [1.807, 2.05) is 19.9 Å². The van der Waals surface area contributed by atoms with Gasteiger partial charge in [0, 0.05) is 13.7 Å². The lowest BCUT2D eigenvalue weighted by Crippen LogP contribution is -2.42. The third kappa shape index (κ3) is 4.58. The van der Waals surface area contributed by atoms with Gasteiger partial charge in [0.25, 0.3) is 0 Å². The molecule has 1 amide bonds. The van der Waals surface area contributed by atoms with Crippen molar-refractivity contribution in [2.24, 2.45) is 0 Å². The molecule has 1 atom stereocenters. The lowest BCUT2D eigenvalue weighted by Gasteiger charge is -2.13. The third-order valence-corrected chi connectivity index (χ3v) is 2.54. The van der Waals surface area contributed by atoms with E-state index in [4.69, 9.17) is 9.15 Å². The van der Waals surface area contributed by atoms with Crippen molar-refractivity contribution >= 4 is 5.91 Å². The fourth-order valence-electron chi connectivity index (χ4n) is 1.35. The van der Waals surface area contributed by atoms with Crippen LogP contribution in [0.1, 0.15) is 18.2 Å². The summed E-state index contributed by atoms with van der Waals surface area (Å²) in [5.41, 5.74) is 1.09. The molecule has 0 aliphatic carbocycles. The molecule has 0 fully saturated rings. The van der Waals surface area contributed by atoms with Crippen LogP contribution in [0.15, 0.2) is 16.7 Å². The molecule has 0 saturated heterocycles. The van der Waals surface area contributed by atoms with Crippen LogP contribution in [0, 0.1) is 6.92 Å². The minimum Gasteiger partial charge on any atom is -0.468 e. The van der Waals surface area contributed by atoms with Crippen molar-refractivity contribution in [2.45, 2.75) is 26.4 Å². The maximum atomic E-state index is 11.6. The van der Waals surface area contributed by atoms with Gasteiger partial charge in [0.05, 0.1) is 25.5 Å². The van der Waals surface area contributed by atoms with Crippen molar-refractivity contribution in [1.29, 1.82) is 0 Å². The van der Waals surface area contributed by atoms with Gasteiger partial charge in [-0.25, -0.2) is 0 Å². The Labute approximate surface area is 102 Å². The summed E-state index contributed by atoms with van der Waals surface area (Å²) < 4.78 is 10.1. The molecule has 0 radical (unpaired) electrons. The maximum absolute atomic E-state index is 11.6. The SMILES string of the molecule is COCCNC(=O)C(C)NCc1occc1C. The van der Waals surface area contributed by atoms with Crippen molar-refractivity contribution < 1.29 is 13.9 Å². The van der Waals surface area contributed by atoms with E-state index in [0.29, 0.717) is 19.7 Å². The molecule has 0 spiro atoms. The lowest BCUT2D eigenvalue weighted by molar-refractivity contribution is -0.123. The summed E-state index contributed by atoms with van der Waals surface area (Å²) in [5, 5.41) is 5.88. The van der Waals surface area contributed by atoms with Crippen LogP contribution in [-0.2, 0) is 16.1 Å². The molecule has 5 nitrogen and oxygen atoms in total. The van der Waals surface area contributed by atoms with Gasteiger partial charge in [-0.3, -0.25) is 10.1 Å². The summed E-state index contributed by atoms with van der Waals surface area (Å²) in [5.74, 6) is 0.827. The first kappa shape index (κ1) is 13.7. The first-order valence-corrected chi connectivity index (χ1v) is 5.68. The van der Waals surface area contributed by atoms with Crippen molar-refractivity contribution in [3.8, 4) is 0 Å². The number of carbonyl (C=O) groups is 1. The normalized spacial score (nSPS) is 12.4. The van der Waals surface area contributed by atoms with Gasteiger partial charge >= 0.3 is 0 Å². The zero-order valence-electron chi connectivity index (χ0n) is 10.6. The van der Waals surface area contributed by atoms with Gasteiger partial charge in [-0.15, -0.1) is 0 Å². The van der Waals surface area contributed by atoms with Gasteiger partial charge in [0.1, 0.15) is 5.76 Å². The molecule has 0 aromatic carbocycles. The molecule has 0 aliphatic heterocycles. The second-order valence-electron chi connectivity index (χ2n) is 3.91. The Morgan fingerprint density at radius 3 is 2.94 bits per heavy atom. The highest BCUT2D eigenvalue weighted by Crippen LogP contribution is 2.07. The van der Waals surface area contributed by atoms with Gasteiger partial charge in [0.15, 0.2) is 0 Å². The van der Waals surface area contributed by atoms with Gasteiger partial charge in [0.2, 0.25) is 5.91 Å². The Morgan fingerprint density at radius 2 is 2.35 bits per heavy atom. The van der Waals surface area contributed by atoms with Gasteiger partial charge in [-0.05, 0) is 25.5 Å². The molecular weight excluding hydrogens is 220 g/mol. The van der Waals surface area contributed by atoms with Crippen LogP contribution in [0.4, 0.5) is 0 Å². The maximum Gasteiger partial charge on any atom is 0.236 e. The fraction of sp³-hybridized carbons (Fsp3) is 0.583. The van der Waals surface area contributed by atoms with Crippen LogP contribution in [0.25, 0.3) is 0 Å². The third-order valence-electron chi connectivity index (χ3n) is 2.54. The molecule has 5 heteroatoms. The number of hydrogen-bond acceptors (Lipinski definition) is 4. The molecule has 1 unspecified atom stereocenters. The largest absolute Gasteiger partial charge is 0.468 e. The first-order valence-electron chi connectivity index (χ1n) is 5.68. The van der Waals surface area contributed by atoms with E-state index < -0.39 is 0 Å². The quantitative estimate of drug-likeness (QED) is 0.693. The first-order chi connectivity index (χ1) is 8.15. The van der Waals surface area contributed by atoms with E-state index >= 15 is 0 Å². The number of nitrogens with one attached hydrogen (secondary N) is 2. The summed E-state index contributed by atoms with van der Waals surface area (Å²) in [6, 6.07) is 1.65. The molecule has 0 saturated carbocycles. The topological polar surface area (TPSA) is 63.5 Å². The number of hydrogen-bond donors (Lipinski definition) is 2. The molecular formula is C12H20N2O3. The Morgan fingerprint density at radius 1 is 1.59 bits per heavy atom. The Bertz CT molecular complexity index is 349. The summed E-state index contributed by atoms with van der Waals surface area (Å²) >= 11 is 0. The van der Waals surface area contributed by atoms with E-state index in [-0.39, 0.29) is 11.9 Å². The van der Waals surface area contributed by atoms with Crippen LogP contribution in [0.2, 0.25) is 0 Å². The van der Waals surface area contributed by atoms with E-state index in [0.717, 1.165) is 11.3 Å². The second kappa shape index (κ2) is 7.09. The highest BCUT2D eigenvalue weighted by Gasteiger charge is 2.12. The van der Waals surface area contributed by atoms with Crippen LogP contribution in [-0.4, -0.2) is 32.2 Å². The average molecular weight is 240 g/mol. The molecule has 1 rings (SSSR count). The predicted octanol–water partition coefficient (Wildman–Crippen LogP) is 0.829. The molecule has 1 aromatic rings. The number of carbonyl (C=O) groups excluding carboxylic acids is 1. The standard InChI is InChI=1S/C12H20N2O3/c1-9-4-6-17-11(9)8-14-10(2)12(15)13-5-7-16-3/h4,6,10,14H,5,7-8H2,1-3H3,(H,13,15). The average Bonchev–Trinajstić information content (AvgIpc) is 2.72. The second-order valence-corrected chi connectivity index (χ2v) is 3.91. The molecule has 1 aromatic heterocycles. The smallest absolute Gasteiger partial charge is 0.236 e. The lowest BCUT2D eigenvalue weighted by atomic mass is 10.2. The minimum atomic E-state index is -0.253. The molecule has 2 N–H and O–H groups in total. The van der Waals surface area contributed by atoms with Crippen molar-refractivity contribution in [1.82, 2.24) is 10.6 Å². The summed E-state index contributed by atoms with van der Waals surface area (Å²) in [6.07, 6.45) is 1.65. The highest BCUT2D eigenvalue weighted by atomic mass is 16.5. The van der Waals surface area contributed by atoms with E-state index in [2.05, 4.69) is 10.6 Å². The van der Waals surface area contributed by atoms with Crippen molar-refractivity contribution in [3.05, 3.63) is 23.7 Å². The summed E-state index contributed by atoms with van der Waals surface area (Å²) in [7, 11) is 1.60. The van der Waals surface area contributed by atoms with Crippen LogP contribution < -0.4 is 10.6 Å². The minimum absolute atomic E-state index is 0.0359. The van der Waals surface area contributed by atoms with Gasteiger partial charge in [-0.1, -0.05) is 0 Å². The Hall–Kier alpha value is -1.33. The van der Waals surface area contributed by atoms with Crippen LogP contribution >= 0.6 is 0 Å². The predicted molar refractivity (Wildman–Crippen MR) is 64.6 cm³/mol. The molecule has 96 valence electrons. The number of methoxy groups -OCH3 is 1. The highest BCUT2D eigenvalue weighted by molar-refractivity contribution is 5.81. The number of furan rings is 1. The van der Waals surface area contributed by atoms with E-state index in [1.54, 1.807) is 13.4 Å². The monoisotopic (exact) mass is 240 g/mol. The number of aryl methyl sites for hydroxylation is 1. The Balaban J connectivity index is 2.27. The van der Waals surface area contributed by atoms with Crippen LogP contribution in [0.5, 0.6) is 0 Å². The van der Waals surface area contributed by atoms with Crippen molar-refractivity contribution in [3.63, 3.8) is 0 Å². The van der Waals surface area contributed by atoms with Crippen LogP contribution in [0.3, 0.4) is 0 Å². The van der Waals surface area contributed by atoms with E-state index in [1.165, 1.54) is 0 Å². The molecule has 17 heavy (non-hydrogen) atoms. The fourth-order valence-corrected chi connectivity index (χ4v) is 1.35. The number of amides is 1. The summed E-state index contributed by atoms with van der Waals surface area (Å²) in [4.78, 5) is 11.6. The molecule has 1 heterocycles. The molecule has 0 bridgehead atoms. The van der Waals surface area contributed by atoms with Gasteiger partial charge in [-0.2, -0.15) is 0 Å². The van der Waals surface area contributed by atoms with Crippen molar-refractivity contribution in [2.75, 3.05) is 20.3 Å². The zero-order valence-corrected chi connectivity index (χ0v) is 10.6.